The molecule has 0 bridgehead atoms. The molecule has 0 fully saturated rings. The molecule has 4 nitrogen and oxygen atoms in total. The molecule has 19 heavy (non-hydrogen) atoms. The Labute approximate surface area is 116 Å². The van der Waals surface area contributed by atoms with Crippen LogP contribution in [0.3, 0.4) is 0 Å². The third kappa shape index (κ3) is 3.79. The van der Waals surface area contributed by atoms with Crippen LogP contribution in [0.1, 0.15) is 5.69 Å². The van der Waals surface area contributed by atoms with E-state index in [4.69, 9.17) is 0 Å². The summed E-state index contributed by atoms with van der Waals surface area (Å²) >= 11 is 1.28. The van der Waals surface area contributed by atoms with Crippen LogP contribution in [0.15, 0.2) is 41.6 Å². The molecule has 0 unspecified atom stereocenters. The quantitative estimate of drug-likeness (QED) is 0.487. The van der Waals surface area contributed by atoms with Crippen LogP contribution in [-0.2, 0) is 9.53 Å². The highest BCUT2D eigenvalue weighted by Crippen LogP contribution is 2.21. The zero-order chi connectivity index (χ0) is 13.7. The highest BCUT2D eigenvalue weighted by Gasteiger charge is 2.08. The van der Waals surface area contributed by atoms with E-state index in [1.165, 1.54) is 18.9 Å². The Hall–Kier alpha value is -1.88. The average Bonchev–Trinajstić information content (AvgIpc) is 2.45. The third-order valence-electron chi connectivity index (χ3n) is 2.45. The fraction of sp³-hybridized carbons (Fsp3) is 0.214. The van der Waals surface area contributed by atoms with Crippen molar-refractivity contribution in [3.05, 3.63) is 42.1 Å². The van der Waals surface area contributed by atoms with Crippen molar-refractivity contribution < 1.29 is 9.53 Å². The molecular formula is C14H14N2O2S. The first-order chi connectivity index (χ1) is 9.19. The standard InChI is InChI=1S/C14H14N2O2S/c1-10-8-12(11-6-4-3-5-7-11)16-14(15-10)19-9-13(17)18-2/h3-8H,9H2,1-2H3. The minimum atomic E-state index is -0.281. The second kappa shape index (κ2) is 6.33. The zero-order valence-corrected chi connectivity index (χ0v) is 11.6. The van der Waals surface area contributed by atoms with Crippen molar-refractivity contribution in [1.82, 2.24) is 9.97 Å². The highest BCUT2D eigenvalue weighted by molar-refractivity contribution is 7.99. The Morgan fingerprint density at radius 3 is 2.68 bits per heavy atom. The predicted molar refractivity (Wildman–Crippen MR) is 74.9 cm³/mol. The van der Waals surface area contributed by atoms with Crippen LogP contribution in [0.4, 0.5) is 0 Å². The van der Waals surface area contributed by atoms with Crippen LogP contribution >= 0.6 is 11.8 Å². The fourth-order valence-electron chi connectivity index (χ4n) is 1.55. The number of ether oxygens (including phenoxy) is 1. The van der Waals surface area contributed by atoms with Crippen molar-refractivity contribution in [2.24, 2.45) is 0 Å². The molecule has 1 heterocycles. The summed E-state index contributed by atoms with van der Waals surface area (Å²) in [6.07, 6.45) is 0. The van der Waals surface area contributed by atoms with E-state index in [-0.39, 0.29) is 11.7 Å². The minimum Gasteiger partial charge on any atom is -0.468 e. The van der Waals surface area contributed by atoms with Gasteiger partial charge in [0.05, 0.1) is 18.6 Å². The average molecular weight is 274 g/mol. The number of aromatic nitrogens is 2. The minimum absolute atomic E-state index is 0.216. The van der Waals surface area contributed by atoms with Crippen molar-refractivity contribution in [3.63, 3.8) is 0 Å². The summed E-state index contributed by atoms with van der Waals surface area (Å²) < 4.78 is 4.60. The molecule has 2 aromatic rings. The summed E-state index contributed by atoms with van der Waals surface area (Å²) in [5.41, 5.74) is 2.77. The molecule has 2 rings (SSSR count). The summed E-state index contributed by atoms with van der Waals surface area (Å²) in [5, 5.41) is 0.587. The van der Waals surface area contributed by atoms with Gasteiger partial charge in [-0.05, 0) is 13.0 Å². The van der Waals surface area contributed by atoms with Gasteiger partial charge in [0.2, 0.25) is 0 Å². The molecule has 0 amide bonds. The van der Waals surface area contributed by atoms with Gasteiger partial charge in [-0.25, -0.2) is 9.97 Å². The fourth-order valence-corrected chi connectivity index (χ4v) is 2.28. The lowest BCUT2D eigenvalue weighted by atomic mass is 10.1. The van der Waals surface area contributed by atoms with Gasteiger partial charge in [-0.2, -0.15) is 0 Å². The Morgan fingerprint density at radius 1 is 1.26 bits per heavy atom. The molecule has 0 atom stereocenters. The van der Waals surface area contributed by atoms with Gasteiger partial charge >= 0.3 is 5.97 Å². The van der Waals surface area contributed by atoms with Gasteiger partial charge < -0.3 is 4.74 Å². The van der Waals surface area contributed by atoms with E-state index in [1.807, 2.05) is 43.3 Å². The molecular weight excluding hydrogens is 260 g/mol. The lowest BCUT2D eigenvalue weighted by Crippen LogP contribution is -2.04. The van der Waals surface area contributed by atoms with E-state index in [0.717, 1.165) is 17.0 Å². The van der Waals surface area contributed by atoms with Gasteiger partial charge in [0, 0.05) is 11.3 Å². The van der Waals surface area contributed by atoms with E-state index >= 15 is 0 Å². The highest BCUT2D eigenvalue weighted by atomic mass is 32.2. The monoisotopic (exact) mass is 274 g/mol. The smallest absolute Gasteiger partial charge is 0.316 e. The molecule has 0 radical (unpaired) electrons. The number of nitrogens with zero attached hydrogens (tertiary/aromatic N) is 2. The van der Waals surface area contributed by atoms with Crippen molar-refractivity contribution >= 4 is 17.7 Å². The Balaban J connectivity index is 2.22. The van der Waals surface area contributed by atoms with Gasteiger partial charge in [-0.1, -0.05) is 42.1 Å². The van der Waals surface area contributed by atoms with Gasteiger partial charge in [0.1, 0.15) is 0 Å². The first-order valence-corrected chi connectivity index (χ1v) is 6.78. The number of benzene rings is 1. The molecule has 0 N–H and O–H groups in total. The molecule has 0 saturated heterocycles. The molecule has 98 valence electrons. The van der Waals surface area contributed by atoms with Crippen LogP contribution in [0, 0.1) is 6.92 Å². The zero-order valence-electron chi connectivity index (χ0n) is 10.8. The van der Waals surface area contributed by atoms with E-state index in [1.54, 1.807) is 0 Å². The van der Waals surface area contributed by atoms with Crippen LogP contribution in [0.2, 0.25) is 0 Å². The van der Waals surface area contributed by atoms with Crippen LogP contribution < -0.4 is 0 Å². The lowest BCUT2D eigenvalue weighted by molar-refractivity contribution is -0.137. The van der Waals surface area contributed by atoms with Crippen LogP contribution in [0.25, 0.3) is 11.3 Å². The summed E-state index contributed by atoms with van der Waals surface area (Å²) in [4.78, 5) is 19.9. The number of aryl methyl sites for hydroxylation is 1. The molecule has 0 aliphatic carbocycles. The van der Waals surface area contributed by atoms with Gasteiger partial charge in [0.25, 0.3) is 0 Å². The van der Waals surface area contributed by atoms with Gasteiger partial charge in [-0.15, -0.1) is 0 Å². The number of esters is 1. The largest absolute Gasteiger partial charge is 0.468 e. The van der Waals surface area contributed by atoms with E-state index in [9.17, 15) is 4.79 Å². The summed E-state index contributed by atoms with van der Waals surface area (Å²) in [6.45, 7) is 1.91. The van der Waals surface area contributed by atoms with Crippen LogP contribution in [-0.4, -0.2) is 28.8 Å². The molecule has 1 aromatic carbocycles. The molecule has 0 aliphatic rings. The van der Waals surface area contributed by atoms with E-state index in [0.29, 0.717) is 5.16 Å². The first kappa shape index (κ1) is 13.5. The number of rotatable bonds is 4. The summed E-state index contributed by atoms with van der Waals surface area (Å²) in [7, 11) is 1.37. The summed E-state index contributed by atoms with van der Waals surface area (Å²) in [6, 6.07) is 11.8. The SMILES string of the molecule is COC(=O)CSc1nc(C)cc(-c2ccccc2)n1. The van der Waals surface area contributed by atoms with Crippen molar-refractivity contribution in [3.8, 4) is 11.3 Å². The third-order valence-corrected chi connectivity index (χ3v) is 3.27. The first-order valence-electron chi connectivity index (χ1n) is 5.80. The van der Waals surface area contributed by atoms with Crippen molar-refractivity contribution in [1.29, 1.82) is 0 Å². The number of hydrogen-bond acceptors (Lipinski definition) is 5. The van der Waals surface area contributed by atoms with Crippen molar-refractivity contribution in [2.45, 2.75) is 12.1 Å². The summed E-state index contributed by atoms with van der Waals surface area (Å²) in [5.74, 6) is -0.0647. The number of carbonyl (C=O) groups is 1. The normalized spacial score (nSPS) is 10.2. The molecule has 5 heteroatoms. The lowest BCUT2D eigenvalue weighted by Gasteiger charge is -2.05. The Bertz CT molecular complexity index is 573. The van der Waals surface area contributed by atoms with Gasteiger partial charge in [-0.3, -0.25) is 4.79 Å². The second-order valence-corrected chi connectivity index (χ2v) is 4.85. The second-order valence-electron chi connectivity index (χ2n) is 3.91. The van der Waals surface area contributed by atoms with E-state index < -0.39 is 0 Å². The number of hydrogen-bond donors (Lipinski definition) is 0. The maximum atomic E-state index is 11.1. The van der Waals surface area contributed by atoms with Crippen LogP contribution in [0.5, 0.6) is 0 Å². The topological polar surface area (TPSA) is 52.1 Å². The Morgan fingerprint density at radius 2 is 2.00 bits per heavy atom. The maximum absolute atomic E-state index is 11.1. The number of carbonyl (C=O) groups excluding carboxylic acids is 1. The Kier molecular flexibility index (Phi) is 4.52. The van der Waals surface area contributed by atoms with E-state index in [2.05, 4.69) is 14.7 Å². The number of methoxy groups -OCH3 is 1. The molecule has 1 aromatic heterocycles. The number of thioether (sulfide) groups is 1. The van der Waals surface area contributed by atoms with Gasteiger partial charge in [0.15, 0.2) is 5.16 Å². The predicted octanol–water partition coefficient (Wildman–Crippen LogP) is 2.72. The maximum Gasteiger partial charge on any atom is 0.316 e. The van der Waals surface area contributed by atoms with Crippen molar-refractivity contribution in [2.75, 3.05) is 12.9 Å². The molecule has 0 spiro atoms. The molecule has 0 saturated carbocycles. The molecule has 0 aliphatic heterocycles.